The molecule has 5 rings (SSSR count). The van der Waals surface area contributed by atoms with Gasteiger partial charge in [-0.3, -0.25) is 14.5 Å². The minimum absolute atomic E-state index is 0.0423. The Balaban J connectivity index is 1.71. The van der Waals surface area contributed by atoms with Crippen molar-refractivity contribution < 1.29 is 14.3 Å². The molecule has 1 fully saturated rings. The van der Waals surface area contributed by atoms with E-state index in [1.807, 2.05) is 30.3 Å². The quantitative estimate of drug-likeness (QED) is 0.467. The summed E-state index contributed by atoms with van der Waals surface area (Å²) in [6.45, 7) is 8.42. The van der Waals surface area contributed by atoms with Gasteiger partial charge in [0.25, 0.3) is 0 Å². The van der Waals surface area contributed by atoms with Crippen LogP contribution >= 0.6 is 34.7 Å². The third-order valence-electron chi connectivity index (χ3n) is 6.31. The molecule has 0 radical (unpaired) electrons. The lowest BCUT2D eigenvalue weighted by Gasteiger charge is -2.30. The van der Waals surface area contributed by atoms with Crippen molar-refractivity contribution in [3.8, 4) is 5.69 Å². The summed E-state index contributed by atoms with van der Waals surface area (Å²) in [5.41, 5.74) is 2.34. The van der Waals surface area contributed by atoms with Crippen molar-refractivity contribution >= 4 is 52.3 Å². The van der Waals surface area contributed by atoms with Gasteiger partial charge in [0, 0.05) is 34.0 Å². The molecule has 1 aromatic carbocycles. The molecular weight excluding hydrogens is 516 g/mol. The number of hydrogen-bond acceptors (Lipinski definition) is 6. The molecule has 2 aliphatic heterocycles. The fraction of sp³-hybridized carbons (Fsp3) is 0.423. The molecule has 0 aliphatic carbocycles. The van der Waals surface area contributed by atoms with Gasteiger partial charge in [0.1, 0.15) is 12.4 Å². The predicted octanol–water partition coefficient (Wildman–Crippen LogP) is 4.91. The fourth-order valence-electron chi connectivity index (χ4n) is 4.57. The maximum atomic E-state index is 13.7. The highest BCUT2D eigenvalue weighted by Gasteiger charge is 2.40. The van der Waals surface area contributed by atoms with Crippen molar-refractivity contribution in [3.05, 3.63) is 62.9 Å². The highest BCUT2D eigenvalue weighted by molar-refractivity contribution is 8.00. The monoisotopic (exact) mass is 544 g/mol. The van der Waals surface area contributed by atoms with Crippen LogP contribution in [0.5, 0.6) is 0 Å². The van der Waals surface area contributed by atoms with Crippen LogP contribution in [0.4, 0.5) is 5.82 Å². The van der Waals surface area contributed by atoms with Crippen LogP contribution in [0.25, 0.3) is 5.69 Å². The maximum absolute atomic E-state index is 13.7. The number of halogens is 1. The Hall–Kier alpha value is -2.33. The summed E-state index contributed by atoms with van der Waals surface area (Å²) < 4.78 is 7.22. The van der Waals surface area contributed by atoms with Gasteiger partial charge < -0.3 is 9.64 Å². The van der Waals surface area contributed by atoms with E-state index in [1.165, 1.54) is 0 Å². The Labute approximate surface area is 224 Å². The van der Waals surface area contributed by atoms with Crippen molar-refractivity contribution in [1.82, 2.24) is 14.7 Å². The summed E-state index contributed by atoms with van der Waals surface area (Å²) in [6, 6.07) is 11.6. The maximum Gasteiger partial charge on any atom is 0.242 e. The number of morpholine rings is 1. The first-order chi connectivity index (χ1) is 17.2. The lowest BCUT2D eigenvalue weighted by Crippen LogP contribution is -2.48. The third kappa shape index (κ3) is 4.94. The number of aromatic nitrogens is 2. The van der Waals surface area contributed by atoms with E-state index in [2.05, 4.69) is 32.2 Å². The lowest BCUT2D eigenvalue weighted by molar-refractivity contribution is -0.134. The molecule has 1 saturated heterocycles. The van der Waals surface area contributed by atoms with Crippen molar-refractivity contribution in [2.75, 3.05) is 43.5 Å². The molecule has 4 heterocycles. The number of nitrogens with zero attached hydrogens (tertiary/aromatic N) is 4. The second-order valence-corrected chi connectivity index (χ2v) is 12.4. The number of carbonyl (C=O) groups excluding carboxylic acids is 2. The van der Waals surface area contributed by atoms with Crippen LogP contribution in [0, 0.1) is 0 Å². The van der Waals surface area contributed by atoms with Gasteiger partial charge in [0.05, 0.1) is 35.6 Å². The van der Waals surface area contributed by atoms with Crippen LogP contribution < -0.4 is 4.90 Å². The molecule has 1 unspecified atom stereocenters. The minimum atomic E-state index is -0.294. The van der Waals surface area contributed by atoms with Gasteiger partial charge in [-0.05, 0) is 29.6 Å². The van der Waals surface area contributed by atoms with E-state index < -0.39 is 0 Å². The Morgan fingerprint density at radius 1 is 1.19 bits per heavy atom. The van der Waals surface area contributed by atoms with Crippen LogP contribution in [0.3, 0.4) is 0 Å². The molecule has 2 aromatic heterocycles. The second kappa shape index (κ2) is 10.2. The first-order valence-corrected chi connectivity index (χ1v) is 14.2. The number of amides is 2. The number of fused-ring (bicyclic) bond motifs is 1. The zero-order valence-electron chi connectivity index (χ0n) is 20.6. The van der Waals surface area contributed by atoms with E-state index in [0.717, 1.165) is 21.8 Å². The van der Waals surface area contributed by atoms with Gasteiger partial charge >= 0.3 is 0 Å². The molecule has 36 heavy (non-hydrogen) atoms. The molecule has 10 heteroatoms. The molecule has 0 bridgehead atoms. The van der Waals surface area contributed by atoms with Gasteiger partial charge in [0.15, 0.2) is 0 Å². The molecule has 0 saturated carbocycles. The molecule has 3 aromatic rings. The summed E-state index contributed by atoms with van der Waals surface area (Å²) in [4.78, 5) is 31.6. The number of hydrogen-bond donors (Lipinski definition) is 0. The predicted molar refractivity (Wildman–Crippen MR) is 146 cm³/mol. The summed E-state index contributed by atoms with van der Waals surface area (Å²) in [6.07, 6.45) is 0. The van der Waals surface area contributed by atoms with Crippen molar-refractivity contribution in [1.29, 1.82) is 0 Å². The van der Waals surface area contributed by atoms with Crippen LogP contribution in [-0.4, -0.2) is 65.1 Å². The van der Waals surface area contributed by atoms with E-state index >= 15 is 0 Å². The average molecular weight is 545 g/mol. The molecule has 0 N–H and O–H groups in total. The molecule has 190 valence electrons. The van der Waals surface area contributed by atoms with Crippen LogP contribution in [0.15, 0.2) is 41.8 Å². The third-order valence-corrected chi connectivity index (χ3v) is 8.87. The Bertz CT molecular complexity index is 1260. The van der Waals surface area contributed by atoms with E-state index in [9.17, 15) is 9.59 Å². The SMILES string of the molecule is CC(C)(C)c1nn(-c2cccc(Cl)c2)c2c1C(c1cccs1)SCC(=O)N2CC(=O)N1CCOCC1. The van der Waals surface area contributed by atoms with Gasteiger partial charge in [-0.2, -0.15) is 5.10 Å². The van der Waals surface area contributed by atoms with Crippen LogP contribution in [0.1, 0.15) is 42.2 Å². The smallest absolute Gasteiger partial charge is 0.242 e. The largest absolute Gasteiger partial charge is 0.378 e. The summed E-state index contributed by atoms with van der Waals surface area (Å²) in [7, 11) is 0. The van der Waals surface area contributed by atoms with E-state index in [1.54, 1.807) is 37.6 Å². The highest BCUT2D eigenvalue weighted by atomic mass is 35.5. The Morgan fingerprint density at radius 2 is 1.97 bits per heavy atom. The number of rotatable bonds is 4. The standard InChI is InChI=1S/C26H29ClN4O3S2/c1-26(2,3)24-22-23(19-8-5-13-35-19)36-16-21(33)30(15-20(32)29-9-11-34-12-10-29)25(22)31(28-24)18-7-4-6-17(27)14-18/h4-8,13-14,23H,9-12,15-16H2,1-3H3. The Kier molecular flexibility index (Phi) is 7.18. The molecular formula is C26H29ClN4O3S2. The van der Waals surface area contributed by atoms with Crippen molar-refractivity contribution in [3.63, 3.8) is 0 Å². The summed E-state index contributed by atoms with van der Waals surface area (Å²) >= 11 is 9.64. The van der Waals surface area contributed by atoms with Gasteiger partial charge in [-0.1, -0.05) is 44.5 Å². The number of thioether (sulfide) groups is 1. The van der Waals surface area contributed by atoms with Gasteiger partial charge in [0.2, 0.25) is 11.8 Å². The normalized spacial score (nSPS) is 18.8. The topological polar surface area (TPSA) is 67.7 Å². The van der Waals surface area contributed by atoms with Gasteiger partial charge in [-0.25, -0.2) is 4.68 Å². The number of benzene rings is 1. The van der Waals surface area contributed by atoms with E-state index in [4.69, 9.17) is 21.4 Å². The van der Waals surface area contributed by atoms with Crippen molar-refractivity contribution in [2.24, 2.45) is 0 Å². The molecule has 2 amide bonds. The van der Waals surface area contributed by atoms with Crippen LogP contribution in [0.2, 0.25) is 5.02 Å². The van der Waals surface area contributed by atoms with E-state index in [-0.39, 0.29) is 34.8 Å². The van der Waals surface area contributed by atoms with Crippen molar-refractivity contribution in [2.45, 2.75) is 31.4 Å². The number of anilines is 1. The first kappa shape index (κ1) is 25.3. The zero-order valence-corrected chi connectivity index (χ0v) is 23.0. The number of ether oxygens (including phenoxy) is 1. The molecule has 7 nitrogen and oxygen atoms in total. The first-order valence-electron chi connectivity index (χ1n) is 11.9. The van der Waals surface area contributed by atoms with E-state index in [0.29, 0.717) is 37.1 Å². The molecule has 1 atom stereocenters. The second-order valence-electron chi connectivity index (χ2n) is 9.91. The molecule has 0 spiro atoms. The highest BCUT2D eigenvalue weighted by Crippen LogP contribution is 2.49. The van der Waals surface area contributed by atoms with Gasteiger partial charge in [-0.15, -0.1) is 23.1 Å². The molecule has 2 aliphatic rings. The summed E-state index contributed by atoms with van der Waals surface area (Å²) in [5.74, 6) is 0.725. The number of thiophene rings is 1. The minimum Gasteiger partial charge on any atom is -0.378 e. The fourth-order valence-corrected chi connectivity index (χ4v) is 6.93. The zero-order chi connectivity index (χ0) is 25.4. The summed E-state index contributed by atoms with van der Waals surface area (Å²) in [5, 5.41) is 7.65. The lowest BCUT2D eigenvalue weighted by atomic mass is 9.88. The average Bonchev–Trinajstić information content (AvgIpc) is 3.49. The number of carbonyl (C=O) groups is 2. The van der Waals surface area contributed by atoms with Crippen LogP contribution in [-0.2, 0) is 19.7 Å². The Morgan fingerprint density at radius 3 is 2.64 bits per heavy atom.